The Kier molecular flexibility index (Phi) is 6.27. The van der Waals surface area contributed by atoms with Gasteiger partial charge in [0.25, 0.3) is 0 Å². The molecular formula is C50H30N4O. The van der Waals surface area contributed by atoms with E-state index in [9.17, 15) is 0 Å². The largest absolute Gasteiger partial charge is 0.455 e. The maximum Gasteiger partial charge on any atom is 0.160 e. The highest BCUT2D eigenvalue weighted by Gasteiger charge is 2.24. The molecule has 0 aliphatic heterocycles. The third-order valence-corrected chi connectivity index (χ3v) is 11.1. The van der Waals surface area contributed by atoms with E-state index in [-0.39, 0.29) is 0 Å². The summed E-state index contributed by atoms with van der Waals surface area (Å²) >= 11 is 0. The molecule has 0 radical (unpaired) electrons. The smallest absolute Gasteiger partial charge is 0.160 e. The molecule has 8 aromatic carbocycles. The predicted molar refractivity (Wildman–Crippen MR) is 226 cm³/mol. The van der Waals surface area contributed by atoms with E-state index in [2.05, 4.69) is 173 Å². The molecule has 0 spiro atoms. The second kappa shape index (κ2) is 11.5. The van der Waals surface area contributed by atoms with Crippen LogP contribution in [-0.4, -0.2) is 19.1 Å². The molecular weight excluding hydrogens is 673 g/mol. The number of hydrogen-bond acceptors (Lipinski definition) is 3. The van der Waals surface area contributed by atoms with E-state index in [1.165, 1.54) is 10.8 Å². The minimum Gasteiger partial charge on any atom is -0.455 e. The molecule has 256 valence electrons. The average molecular weight is 703 g/mol. The van der Waals surface area contributed by atoms with Crippen LogP contribution in [-0.2, 0) is 0 Å². The van der Waals surface area contributed by atoms with Crippen LogP contribution in [0.5, 0.6) is 0 Å². The molecule has 55 heavy (non-hydrogen) atoms. The van der Waals surface area contributed by atoms with Gasteiger partial charge in [0.2, 0.25) is 0 Å². The Morgan fingerprint density at radius 1 is 0.400 bits per heavy atom. The molecule has 0 amide bonds. The van der Waals surface area contributed by atoms with Gasteiger partial charge in [-0.2, -0.15) is 0 Å². The van der Waals surface area contributed by atoms with Crippen molar-refractivity contribution in [3.8, 4) is 34.0 Å². The van der Waals surface area contributed by atoms with Crippen molar-refractivity contribution in [2.45, 2.75) is 0 Å². The first-order chi connectivity index (χ1) is 27.3. The molecule has 12 rings (SSSR count). The Hall–Kier alpha value is -7.50. The molecule has 0 fully saturated rings. The van der Waals surface area contributed by atoms with Crippen molar-refractivity contribution in [3.05, 3.63) is 182 Å². The molecule has 0 atom stereocenters. The quantitative estimate of drug-likeness (QED) is 0.183. The lowest BCUT2D eigenvalue weighted by atomic mass is 10.1. The highest BCUT2D eigenvalue weighted by Crippen LogP contribution is 2.45. The molecule has 5 heteroatoms. The van der Waals surface area contributed by atoms with E-state index in [0.717, 1.165) is 93.9 Å². The Labute approximate surface area is 315 Å². The highest BCUT2D eigenvalue weighted by atomic mass is 16.3. The predicted octanol–water partition coefficient (Wildman–Crippen LogP) is 13.1. The number of para-hydroxylation sites is 4. The number of rotatable bonds is 4. The van der Waals surface area contributed by atoms with E-state index in [1.54, 1.807) is 0 Å². The van der Waals surface area contributed by atoms with Crippen molar-refractivity contribution in [2.75, 3.05) is 0 Å². The number of hydrogen-bond donors (Lipinski definition) is 0. The topological polar surface area (TPSA) is 48.8 Å². The molecule has 0 saturated heterocycles. The number of nitrogens with zero attached hydrogens (tertiary/aromatic N) is 4. The molecule has 0 saturated carbocycles. The van der Waals surface area contributed by atoms with Crippen LogP contribution in [0.3, 0.4) is 0 Å². The second-order valence-electron chi connectivity index (χ2n) is 14.1. The normalized spacial score (nSPS) is 12.0. The van der Waals surface area contributed by atoms with Crippen molar-refractivity contribution in [1.82, 2.24) is 19.1 Å². The minimum atomic E-state index is 0.691. The monoisotopic (exact) mass is 702 g/mol. The summed E-state index contributed by atoms with van der Waals surface area (Å²) in [7, 11) is 0. The van der Waals surface area contributed by atoms with Crippen molar-refractivity contribution < 1.29 is 4.42 Å². The average Bonchev–Trinajstić information content (AvgIpc) is 3.92. The molecule has 0 aliphatic rings. The number of benzene rings is 8. The molecule has 0 N–H and O–H groups in total. The maximum atomic E-state index is 6.71. The summed E-state index contributed by atoms with van der Waals surface area (Å²) in [6.45, 7) is 0. The standard InChI is InChI=1S/C50H30N4O/c1-3-14-31(15-4-1)46-39-22-7-10-23-41(39)51-50(52-46)32-16-13-19-34(30-32)54-42-24-11-8-20-35(42)37-26-27-40-45-43(53(48(40)47(37)54)33-17-5-2-6-18-33)29-28-38-36-21-9-12-25-44(36)55-49(38)45/h1-30H. The molecule has 4 heterocycles. The molecule has 12 aromatic rings. The third kappa shape index (κ3) is 4.35. The van der Waals surface area contributed by atoms with Crippen LogP contribution in [0, 0.1) is 0 Å². The molecule has 0 unspecified atom stereocenters. The lowest BCUT2D eigenvalue weighted by Gasteiger charge is -2.14. The summed E-state index contributed by atoms with van der Waals surface area (Å²) in [5.74, 6) is 0.691. The van der Waals surface area contributed by atoms with E-state index in [0.29, 0.717) is 5.82 Å². The number of furan rings is 1. The Balaban J connectivity index is 1.19. The van der Waals surface area contributed by atoms with Crippen molar-refractivity contribution in [3.63, 3.8) is 0 Å². The molecule has 5 nitrogen and oxygen atoms in total. The summed E-state index contributed by atoms with van der Waals surface area (Å²) in [5, 5.41) is 7.90. The van der Waals surface area contributed by atoms with Crippen LogP contribution in [0.2, 0.25) is 0 Å². The first kappa shape index (κ1) is 30.0. The fraction of sp³-hybridized carbons (Fsp3) is 0. The second-order valence-corrected chi connectivity index (χ2v) is 14.1. The van der Waals surface area contributed by atoms with Gasteiger partial charge in [0.15, 0.2) is 5.82 Å². The zero-order chi connectivity index (χ0) is 36.0. The van der Waals surface area contributed by atoms with Crippen molar-refractivity contribution in [1.29, 1.82) is 0 Å². The summed E-state index contributed by atoms with van der Waals surface area (Å²) < 4.78 is 11.5. The molecule has 0 bridgehead atoms. The van der Waals surface area contributed by atoms with Gasteiger partial charge >= 0.3 is 0 Å². The Morgan fingerprint density at radius 3 is 1.91 bits per heavy atom. The zero-order valence-electron chi connectivity index (χ0n) is 29.5. The fourth-order valence-electron chi connectivity index (χ4n) is 8.73. The maximum absolute atomic E-state index is 6.71. The summed E-state index contributed by atoms with van der Waals surface area (Å²) in [5.41, 5.74) is 12.3. The van der Waals surface area contributed by atoms with Gasteiger partial charge in [-0.3, -0.25) is 0 Å². The Morgan fingerprint density at radius 2 is 1.04 bits per heavy atom. The van der Waals surface area contributed by atoms with Crippen LogP contribution >= 0.6 is 0 Å². The van der Waals surface area contributed by atoms with Crippen molar-refractivity contribution >= 4 is 76.5 Å². The van der Waals surface area contributed by atoms with E-state index < -0.39 is 0 Å². The van der Waals surface area contributed by atoms with Gasteiger partial charge in [-0.15, -0.1) is 0 Å². The van der Waals surface area contributed by atoms with Crippen LogP contribution in [0.15, 0.2) is 186 Å². The number of aromatic nitrogens is 4. The highest BCUT2D eigenvalue weighted by molar-refractivity contribution is 6.29. The van der Waals surface area contributed by atoms with Gasteiger partial charge in [0, 0.05) is 54.8 Å². The summed E-state index contributed by atoms with van der Waals surface area (Å²) in [4.78, 5) is 10.4. The van der Waals surface area contributed by atoms with Gasteiger partial charge in [-0.1, -0.05) is 127 Å². The van der Waals surface area contributed by atoms with Gasteiger partial charge in [-0.05, 0) is 54.6 Å². The van der Waals surface area contributed by atoms with E-state index in [4.69, 9.17) is 14.4 Å². The lowest BCUT2D eigenvalue weighted by molar-refractivity contribution is 0.673. The van der Waals surface area contributed by atoms with Crippen LogP contribution in [0.25, 0.3) is 110 Å². The first-order valence-corrected chi connectivity index (χ1v) is 18.6. The van der Waals surface area contributed by atoms with Crippen LogP contribution in [0.4, 0.5) is 0 Å². The summed E-state index contributed by atoms with van der Waals surface area (Å²) in [6.07, 6.45) is 0. The fourth-order valence-corrected chi connectivity index (χ4v) is 8.73. The van der Waals surface area contributed by atoms with E-state index >= 15 is 0 Å². The minimum absolute atomic E-state index is 0.691. The molecule has 0 aliphatic carbocycles. The van der Waals surface area contributed by atoms with Gasteiger partial charge < -0.3 is 13.6 Å². The summed E-state index contributed by atoms with van der Waals surface area (Å²) in [6, 6.07) is 64.1. The number of fused-ring (bicyclic) bond motifs is 12. The Bertz CT molecular complexity index is 3480. The van der Waals surface area contributed by atoms with Crippen LogP contribution < -0.4 is 0 Å². The van der Waals surface area contributed by atoms with Gasteiger partial charge in [0.1, 0.15) is 11.2 Å². The van der Waals surface area contributed by atoms with Crippen molar-refractivity contribution in [2.24, 2.45) is 0 Å². The third-order valence-electron chi connectivity index (χ3n) is 11.1. The van der Waals surface area contributed by atoms with E-state index in [1.807, 2.05) is 18.2 Å². The van der Waals surface area contributed by atoms with Gasteiger partial charge in [0.05, 0.1) is 38.7 Å². The molecule has 4 aromatic heterocycles. The SMILES string of the molecule is c1ccc(-c2nc(-c3cccc(-n4c5ccccc5c5ccc6c7c8oc9ccccc9c8ccc7n(-c7ccccc7)c6c54)c3)nc3ccccc23)cc1. The van der Waals surface area contributed by atoms with Gasteiger partial charge in [-0.25, -0.2) is 9.97 Å². The first-order valence-electron chi connectivity index (χ1n) is 18.6. The lowest BCUT2D eigenvalue weighted by Crippen LogP contribution is -2.00. The zero-order valence-corrected chi connectivity index (χ0v) is 29.5. The van der Waals surface area contributed by atoms with Crippen LogP contribution in [0.1, 0.15) is 0 Å².